The van der Waals surface area contributed by atoms with Crippen molar-refractivity contribution in [1.29, 1.82) is 0 Å². The van der Waals surface area contributed by atoms with Crippen LogP contribution < -0.4 is 0 Å². The van der Waals surface area contributed by atoms with Gasteiger partial charge in [-0.25, -0.2) is 18.1 Å². The Hall–Kier alpha value is -3.52. The lowest BCUT2D eigenvalue weighted by Gasteiger charge is -2.22. The van der Waals surface area contributed by atoms with Crippen molar-refractivity contribution >= 4 is 26.8 Å². The Morgan fingerprint density at radius 3 is 2.44 bits per heavy atom. The molecule has 1 fully saturated rings. The van der Waals surface area contributed by atoms with Gasteiger partial charge in [0, 0.05) is 18.7 Å². The summed E-state index contributed by atoms with van der Waals surface area (Å²) in [6.07, 6.45) is 0.493. The van der Waals surface area contributed by atoms with Crippen molar-refractivity contribution < 1.29 is 13.2 Å². The molecule has 2 aromatic heterocycles. The van der Waals surface area contributed by atoms with E-state index in [1.807, 2.05) is 86.3 Å². The number of carbonyl (C=O) groups is 1. The highest BCUT2D eigenvalue weighted by Crippen LogP contribution is 2.33. The van der Waals surface area contributed by atoms with Gasteiger partial charge in [0.25, 0.3) is 5.91 Å². The van der Waals surface area contributed by atoms with Crippen LogP contribution in [0.15, 0.2) is 60.7 Å². The topological polar surface area (TPSA) is 85.2 Å². The van der Waals surface area contributed by atoms with E-state index in [4.69, 9.17) is 10.1 Å². The molecular weight excluding hydrogens is 472 g/mol. The fourth-order valence-electron chi connectivity index (χ4n) is 4.88. The molecule has 0 bridgehead atoms. The van der Waals surface area contributed by atoms with E-state index < -0.39 is 9.84 Å². The summed E-state index contributed by atoms with van der Waals surface area (Å²) in [5.41, 5.74) is 5.53. The Kier molecular flexibility index (Phi) is 6.38. The van der Waals surface area contributed by atoms with Gasteiger partial charge >= 0.3 is 0 Å². The van der Waals surface area contributed by atoms with Gasteiger partial charge in [0.05, 0.1) is 39.9 Å². The fourth-order valence-corrected chi connectivity index (χ4v) is 6.57. The smallest absolute Gasteiger partial charge is 0.255 e. The molecule has 1 atom stereocenters. The number of fused-ring (bicyclic) bond motifs is 1. The lowest BCUT2D eigenvalue weighted by atomic mass is 10.0. The van der Waals surface area contributed by atoms with Crippen molar-refractivity contribution in [2.24, 2.45) is 0 Å². The van der Waals surface area contributed by atoms with Gasteiger partial charge in [-0.1, -0.05) is 60.2 Å². The van der Waals surface area contributed by atoms with E-state index in [-0.39, 0.29) is 23.5 Å². The zero-order valence-corrected chi connectivity index (χ0v) is 21.6. The highest BCUT2D eigenvalue weighted by molar-refractivity contribution is 7.91. The highest BCUT2D eigenvalue weighted by Gasteiger charge is 2.33. The Balaban J connectivity index is 1.67. The number of hydrogen-bond acceptors (Lipinski definition) is 5. The third kappa shape index (κ3) is 4.65. The quantitative estimate of drug-likeness (QED) is 0.380. The fraction of sp³-hybridized carbons (Fsp3) is 0.321. The normalized spacial score (nSPS) is 16.9. The minimum atomic E-state index is -3.11. The van der Waals surface area contributed by atoms with E-state index in [1.165, 1.54) is 0 Å². The lowest BCUT2D eigenvalue weighted by Crippen LogP contribution is -2.30. The van der Waals surface area contributed by atoms with Crippen LogP contribution in [0.2, 0.25) is 0 Å². The summed E-state index contributed by atoms with van der Waals surface area (Å²) in [7, 11) is -3.11. The molecule has 1 unspecified atom stereocenters. The predicted octanol–water partition coefficient (Wildman–Crippen LogP) is 4.74. The zero-order valence-electron chi connectivity index (χ0n) is 20.8. The molecule has 0 N–H and O–H groups in total. The SMILES string of the molecule is CCN(Cc1ccccc1)C(=O)c1cc(-c2ccc(C)cc2)nc2c1c(C)nn2C1CCS(=O)(=O)C1. The van der Waals surface area contributed by atoms with E-state index in [9.17, 15) is 13.2 Å². The van der Waals surface area contributed by atoms with Crippen molar-refractivity contribution in [2.75, 3.05) is 18.1 Å². The summed E-state index contributed by atoms with van der Waals surface area (Å²) in [6.45, 7) is 6.90. The molecule has 0 saturated carbocycles. The molecular formula is C28H30N4O3S. The number of aryl methyl sites for hydroxylation is 2. The number of hydrogen-bond donors (Lipinski definition) is 0. The number of nitrogens with zero attached hydrogens (tertiary/aromatic N) is 4. The standard InChI is InChI=1S/C28H30N4O3S/c1-4-31(17-21-8-6-5-7-9-21)28(33)24-16-25(22-12-10-19(2)11-13-22)29-27-26(24)20(3)30-32(27)23-14-15-36(34,35)18-23/h5-13,16,23H,4,14-15,17-18H2,1-3H3. The van der Waals surface area contributed by atoms with E-state index in [1.54, 1.807) is 4.68 Å². The molecule has 5 rings (SSSR count). The van der Waals surface area contributed by atoms with Crippen LogP contribution in [-0.2, 0) is 16.4 Å². The summed E-state index contributed by atoms with van der Waals surface area (Å²) in [4.78, 5) is 20.7. The lowest BCUT2D eigenvalue weighted by molar-refractivity contribution is 0.0754. The van der Waals surface area contributed by atoms with Crippen LogP contribution in [0.4, 0.5) is 0 Å². The molecule has 0 radical (unpaired) electrons. The molecule has 0 aliphatic carbocycles. The van der Waals surface area contributed by atoms with Crippen molar-refractivity contribution in [2.45, 2.75) is 39.8 Å². The summed E-state index contributed by atoms with van der Waals surface area (Å²) in [5, 5.41) is 5.40. The summed E-state index contributed by atoms with van der Waals surface area (Å²) >= 11 is 0. The van der Waals surface area contributed by atoms with Crippen LogP contribution >= 0.6 is 0 Å². The number of benzene rings is 2. The van der Waals surface area contributed by atoms with Gasteiger partial charge in [-0.2, -0.15) is 5.10 Å². The van der Waals surface area contributed by atoms with Crippen molar-refractivity contribution in [3.05, 3.63) is 83.0 Å². The van der Waals surface area contributed by atoms with E-state index in [2.05, 4.69) is 0 Å². The summed E-state index contributed by atoms with van der Waals surface area (Å²) < 4.78 is 26.2. The van der Waals surface area contributed by atoms with Gasteiger partial charge in [0.15, 0.2) is 15.5 Å². The Bertz CT molecular complexity index is 1530. The Morgan fingerprint density at radius 2 is 1.81 bits per heavy atom. The van der Waals surface area contributed by atoms with E-state index in [0.717, 1.165) is 16.7 Å². The van der Waals surface area contributed by atoms with Crippen LogP contribution in [0.5, 0.6) is 0 Å². The maximum absolute atomic E-state index is 14.0. The number of carbonyl (C=O) groups excluding carboxylic acids is 1. The molecule has 36 heavy (non-hydrogen) atoms. The van der Waals surface area contributed by atoms with Crippen LogP contribution in [0, 0.1) is 13.8 Å². The monoisotopic (exact) mass is 502 g/mol. The number of rotatable bonds is 6. The molecule has 186 valence electrons. The molecule has 1 aliphatic rings. The number of sulfone groups is 1. The summed E-state index contributed by atoms with van der Waals surface area (Å²) in [6, 6.07) is 19.5. The second-order valence-corrected chi connectivity index (χ2v) is 11.7. The van der Waals surface area contributed by atoms with Gasteiger partial charge in [0.2, 0.25) is 0 Å². The van der Waals surface area contributed by atoms with Crippen LogP contribution in [0.3, 0.4) is 0 Å². The Morgan fingerprint density at radius 1 is 1.08 bits per heavy atom. The molecule has 3 heterocycles. The molecule has 0 spiro atoms. The van der Waals surface area contributed by atoms with Gasteiger partial charge in [-0.3, -0.25) is 4.79 Å². The van der Waals surface area contributed by atoms with Gasteiger partial charge in [-0.15, -0.1) is 0 Å². The molecule has 1 amide bonds. The van der Waals surface area contributed by atoms with E-state index >= 15 is 0 Å². The third-order valence-electron chi connectivity index (χ3n) is 6.85. The third-order valence-corrected chi connectivity index (χ3v) is 8.60. The molecule has 1 aliphatic heterocycles. The highest BCUT2D eigenvalue weighted by atomic mass is 32.2. The van der Waals surface area contributed by atoms with E-state index in [0.29, 0.717) is 47.5 Å². The maximum Gasteiger partial charge on any atom is 0.255 e. The van der Waals surface area contributed by atoms with Crippen molar-refractivity contribution in [1.82, 2.24) is 19.7 Å². The van der Waals surface area contributed by atoms with Crippen LogP contribution in [0.25, 0.3) is 22.3 Å². The predicted molar refractivity (Wildman–Crippen MR) is 142 cm³/mol. The van der Waals surface area contributed by atoms with Gasteiger partial charge in [0.1, 0.15) is 0 Å². The second-order valence-electron chi connectivity index (χ2n) is 9.51. The molecule has 8 heteroatoms. The van der Waals surface area contributed by atoms with Crippen molar-refractivity contribution in [3.8, 4) is 11.3 Å². The van der Waals surface area contributed by atoms with Gasteiger partial charge < -0.3 is 4.90 Å². The number of amides is 1. The molecule has 4 aromatic rings. The van der Waals surface area contributed by atoms with Gasteiger partial charge in [-0.05, 0) is 38.8 Å². The molecule has 1 saturated heterocycles. The Labute approximate surface area is 211 Å². The first-order chi connectivity index (χ1) is 17.3. The van der Waals surface area contributed by atoms with Crippen molar-refractivity contribution in [3.63, 3.8) is 0 Å². The minimum Gasteiger partial charge on any atom is -0.335 e. The van der Waals surface area contributed by atoms with Crippen LogP contribution in [-0.4, -0.2) is 52.0 Å². The maximum atomic E-state index is 14.0. The van der Waals surface area contributed by atoms with Crippen LogP contribution in [0.1, 0.15) is 46.6 Å². The molecule has 2 aromatic carbocycles. The first-order valence-electron chi connectivity index (χ1n) is 12.3. The first-order valence-corrected chi connectivity index (χ1v) is 14.1. The number of pyridine rings is 1. The summed E-state index contributed by atoms with van der Waals surface area (Å²) in [5.74, 6) is 0.0871. The first kappa shape index (κ1) is 24.2. The average Bonchev–Trinajstić information content (AvgIpc) is 3.41. The average molecular weight is 503 g/mol. The number of aromatic nitrogens is 3. The molecule has 7 nitrogen and oxygen atoms in total. The second kappa shape index (κ2) is 9.50. The largest absolute Gasteiger partial charge is 0.335 e. The zero-order chi connectivity index (χ0) is 25.4. The minimum absolute atomic E-state index is 0.0397.